The summed E-state index contributed by atoms with van der Waals surface area (Å²) in [5, 5.41) is 33.8. The maximum atomic E-state index is 11.8. The highest BCUT2D eigenvalue weighted by Gasteiger charge is 2.32. The summed E-state index contributed by atoms with van der Waals surface area (Å²) < 4.78 is 1.40. The number of aromatic nitrogens is 6. The van der Waals surface area contributed by atoms with E-state index in [1.807, 2.05) is 59.3 Å². The van der Waals surface area contributed by atoms with Gasteiger partial charge in [-0.25, -0.2) is 14.2 Å². The van der Waals surface area contributed by atoms with Gasteiger partial charge in [-0.05, 0) is 146 Å². The molecule has 102 heavy (non-hydrogen) atoms. The van der Waals surface area contributed by atoms with Crippen LogP contribution < -0.4 is 31.2 Å². The Bertz CT molecular complexity index is 3320. The maximum absolute atomic E-state index is 11.8. The molecule has 5 amide bonds. The standard InChI is InChI=1S/C12H12N.C11H22N2O.C11H21NOS.C10H9Cl2NO.C10H14ClN3OS.C9H14ClN5.C5H10N2S2.C3H4Cl2O2/c1-13-9-7-12(8-10-13)11-5-3-2-4-6-11;1-13(2)11(14)12-10-8-6-4-3-5-7-9-10;1-3-12(11(13)14-4-2)10-8-6-5-7-9-10;11-8-4-3-7(5-9(8)12)13-10(14)6-1-2-6;1-10(2,5-11)8-13-14-9(16-8)12-7(15)6-3-4-6;1-5(2)11-8-13-7(10)14-9(15-8)12-6-3-4-6;1-6-3-7(2)5(8)9-4-6;1-3(4,5)2(6)7/h2-10H,1H3;10H,3-9H2,1-2H3,(H,12,14);10H,3-9H2,1-2H3;3-6H,1-2H2,(H,13,14);6H,3-5H2,1-2H3,(H,12,14,15);5-6H,3-4H2,1-2H3,(H2,11,12,13,14,15);3-4H2,1-2H3;1H3,(H,6,7)/q+1;;;;;;;. The molecule has 6 fully saturated rings. The zero-order chi connectivity index (χ0) is 75.5. The number of hydrogen-bond acceptors (Lipinski definition) is 17. The minimum absolute atomic E-state index is 0.0515. The second-order valence-corrected chi connectivity index (χ2v) is 33.7. The summed E-state index contributed by atoms with van der Waals surface area (Å²) in [5.74, 6) is 2.78. The number of carboxylic acid groups (broad SMARTS) is 1. The fourth-order valence-corrected chi connectivity index (χ4v) is 12.7. The maximum Gasteiger partial charge on any atom is 0.339 e. The predicted molar refractivity (Wildman–Crippen MR) is 430 cm³/mol. The molecule has 0 atom stereocenters. The summed E-state index contributed by atoms with van der Waals surface area (Å²) >= 11 is 42.9. The number of carbonyl (C=O) groups is 5. The van der Waals surface area contributed by atoms with Gasteiger partial charge in [-0.3, -0.25) is 19.3 Å². The van der Waals surface area contributed by atoms with Crippen molar-refractivity contribution in [3.8, 4) is 11.1 Å². The summed E-state index contributed by atoms with van der Waals surface area (Å²) in [6.07, 6.45) is 25.7. The molecule has 5 aromatic rings. The third-order valence-electron chi connectivity index (χ3n) is 15.9. The van der Waals surface area contributed by atoms with Crippen LogP contribution in [0.4, 0.5) is 32.3 Å². The second kappa shape index (κ2) is 47.0. The first-order valence-electron chi connectivity index (χ1n) is 34.8. The van der Waals surface area contributed by atoms with E-state index in [1.165, 1.54) is 118 Å². The van der Waals surface area contributed by atoms with Crippen molar-refractivity contribution in [1.29, 1.82) is 0 Å². The van der Waals surface area contributed by atoms with Crippen molar-refractivity contribution in [1.82, 2.24) is 50.1 Å². The van der Waals surface area contributed by atoms with Gasteiger partial charge in [-0.2, -0.15) is 15.0 Å². The molecule has 1 saturated heterocycles. The first-order chi connectivity index (χ1) is 48.3. The van der Waals surface area contributed by atoms with Crippen molar-refractivity contribution in [2.75, 3.05) is 80.2 Å². The number of anilines is 4. The Morgan fingerprint density at radius 2 is 1.28 bits per heavy atom. The van der Waals surface area contributed by atoms with Gasteiger partial charge in [-0.1, -0.05) is 196 Å². The molecule has 3 aromatic heterocycles. The molecule has 6 N–H and O–H groups in total. The summed E-state index contributed by atoms with van der Waals surface area (Å²) in [6.45, 7) is 15.2. The largest absolute Gasteiger partial charge is 0.479 e. The van der Waals surface area contributed by atoms with Gasteiger partial charge in [0.15, 0.2) is 12.4 Å². The molecule has 2 aromatic carbocycles. The van der Waals surface area contributed by atoms with Crippen molar-refractivity contribution < 1.29 is 33.6 Å². The van der Waals surface area contributed by atoms with Crippen molar-refractivity contribution in [2.45, 2.75) is 198 Å². The van der Waals surface area contributed by atoms with E-state index in [0.717, 1.165) is 72.7 Å². The molecule has 31 heteroatoms. The van der Waals surface area contributed by atoms with Crippen LogP contribution >= 0.6 is 117 Å². The number of nitrogens with zero attached hydrogens (tertiary/aromatic N) is 10. The van der Waals surface area contributed by atoms with Crippen molar-refractivity contribution in [3.05, 3.63) is 93.4 Å². The number of thiocarbonyl (C=S) groups is 1. The number of thioether (sulfide) groups is 2. The molecule has 0 unspecified atom stereocenters. The molecule has 4 heterocycles. The van der Waals surface area contributed by atoms with Gasteiger partial charge in [0, 0.05) is 92.8 Å². The van der Waals surface area contributed by atoms with Gasteiger partial charge in [0.25, 0.3) is 5.24 Å². The van der Waals surface area contributed by atoms with E-state index < -0.39 is 10.3 Å². The number of urea groups is 1. The van der Waals surface area contributed by atoms with Crippen LogP contribution in [0.15, 0.2) is 73.1 Å². The Morgan fingerprint density at radius 3 is 1.78 bits per heavy atom. The molecular weight excluding hydrogens is 1500 g/mol. The highest BCUT2D eigenvalue weighted by molar-refractivity contribution is 8.22. The van der Waals surface area contributed by atoms with Gasteiger partial charge >= 0.3 is 12.0 Å². The minimum atomic E-state index is -1.64. The lowest BCUT2D eigenvalue weighted by Gasteiger charge is -2.33. The summed E-state index contributed by atoms with van der Waals surface area (Å²) in [5.41, 5.74) is 3.04. The third-order valence-corrected chi connectivity index (χ3v) is 21.6. The van der Waals surface area contributed by atoms with E-state index >= 15 is 0 Å². The van der Waals surface area contributed by atoms with E-state index in [1.54, 1.807) is 49.0 Å². The van der Waals surface area contributed by atoms with Crippen LogP contribution in [-0.4, -0.2) is 171 Å². The fourth-order valence-electron chi connectivity index (χ4n) is 9.57. The lowest BCUT2D eigenvalue weighted by molar-refractivity contribution is -0.671. The molecule has 5 saturated carbocycles. The van der Waals surface area contributed by atoms with Crippen LogP contribution in [0.5, 0.6) is 0 Å². The first-order valence-corrected chi connectivity index (χ1v) is 40.5. The number of aryl methyl sites for hydroxylation is 1. The molecule has 0 spiro atoms. The van der Waals surface area contributed by atoms with E-state index in [9.17, 15) is 24.0 Å². The van der Waals surface area contributed by atoms with E-state index in [-0.39, 0.29) is 51.7 Å². The molecule has 5 aliphatic carbocycles. The Labute approximate surface area is 652 Å². The summed E-state index contributed by atoms with van der Waals surface area (Å²) in [4.78, 5) is 76.0. The summed E-state index contributed by atoms with van der Waals surface area (Å²) in [6, 6.07) is 21.5. The van der Waals surface area contributed by atoms with Crippen molar-refractivity contribution in [2.24, 2.45) is 18.9 Å². The second-order valence-electron chi connectivity index (χ2n) is 26.8. The number of halogens is 6. The smallest absolute Gasteiger partial charge is 0.339 e. The number of nitrogens with one attached hydrogen (secondary N) is 5. The zero-order valence-corrected chi connectivity index (χ0v) is 68.8. The lowest BCUT2D eigenvalue weighted by atomic mass is 9.94. The number of alkyl halides is 3. The van der Waals surface area contributed by atoms with Crippen LogP contribution in [0, 0.1) is 11.8 Å². The molecule has 566 valence electrons. The van der Waals surface area contributed by atoms with Gasteiger partial charge in [0.2, 0.25) is 38.5 Å². The average Bonchev–Trinajstić information content (AvgIpc) is 1.71. The van der Waals surface area contributed by atoms with E-state index in [0.29, 0.717) is 56.8 Å². The number of benzene rings is 2. The number of aliphatic carboxylic acids is 1. The highest BCUT2D eigenvalue weighted by atomic mass is 35.5. The fraction of sp³-hybridized carbons (Fsp3) is 0.606. The van der Waals surface area contributed by atoms with Gasteiger partial charge < -0.3 is 46.4 Å². The van der Waals surface area contributed by atoms with Crippen LogP contribution in [0.25, 0.3) is 11.1 Å². The van der Waals surface area contributed by atoms with Crippen LogP contribution in [0.2, 0.25) is 15.3 Å². The molecule has 21 nitrogen and oxygen atoms in total. The topological polar surface area (TPSA) is 247 Å². The number of hydrogen-bond donors (Lipinski definition) is 6. The van der Waals surface area contributed by atoms with Crippen LogP contribution in [-0.2, 0) is 26.8 Å². The first kappa shape index (κ1) is 89.6. The minimum Gasteiger partial charge on any atom is -0.479 e. The SMILES string of the molecule is CC(C)(CCl)c1nnc(NC(=O)C2CC2)s1.CC(C)Nc1nc(Cl)nc(NC2CC2)n1.CC(Cl)(Cl)C(=O)O.CCSC(=O)N(CC)C1CCCCC1.CN(C)C(=O)NC1CCCCCCC1.CN1CSC(=S)N(C)C1.C[n+]1ccc(-c2ccccc2)cc1.O=C(Nc1ccc(Cl)c(Cl)c1)C1CC1. The lowest BCUT2D eigenvalue weighted by Crippen LogP contribution is -2.41. The number of carboxylic acids is 1. The highest BCUT2D eigenvalue weighted by Crippen LogP contribution is 2.35. The van der Waals surface area contributed by atoms with Crippen molar-refractivity contribution >= 4 is 173 Å². The summed E-state index contributed by atoms with van der Waals surface area (Å²) in [7, 11) is 9.71. The number of rotatable bonds is 16. The number of pyridine rings is 1. The molecule has 11 rings (SSSR count). The Kier molecular flexibility index (Phi) is 41.3. The van der Waals surface area contributed by atoms with Crippen molar-refractivity contribution in [3.63, 3.8) is 0 Å². The third kappa shape index (κ3) is 37.0. The van der Waals surface area contributed by atoms with Gasteiger partial charge in [0.1, 0.15) is 16.4 Å². The van der Waals surface area contributed by atoms with Gasteiger partial charge in [-0.15, -0.1) is 21.8 Å². The van der Waals surface area contributed by atoms with Crippen LogP contribution in [0.3, 0.4) is 0 Å². The van der Waals surface area contributed by atoms with E-state index in [4.69, 9.17) is 86.9 Å². The molecule has 0 bridgehead atoms. The molecule has 0 radical (unpaired) electrons. The molecule has 6 aliphatic rings. The molecular formula is C71H106Cl6N15O6S4+. The van der Waals surface area contributed by atoms with E-state index in [2.05, 4.69) is 129 Å². The quantitative estimate of drug-likeness (QED) is 0.0305. The normalized spacial score (nSPS) is 16.1. The predicted octanol–water partition coefficient (Wildman–Crippen LogP) is 17.8. The number of carbonyl (C=O) groups excluding carboxylic acids is 4. The Morgan fingerprint density at radius 1 is 0.735 bits per heavy atom. The number of amides is 5. The Hall–Kier alpha value is -4.80. The zero-order valence-electron chi connectivity index (χ0n) is 61.0. The molecule has 1 aliphatic heterocycles. The van der Waals surface area contributed by atoms with Crippen LogP contribution in [0.1, 0.15) is 169 Å². The monoisotopic (exact) mass is 1600 g/mol. The average molecular weight is 1610 g/mol. The van der Waals surface area contributed by atoms with Gasteiger partial charge in [0.05, 0.1) is 22.6 Å². The Balaban J connectivity index is 0.000000249.